The van der Waals surface area contributed by atoms with Gasteiger partial charge in [0.2, 0.25) is 0 Å². The second-order valence-corrected chi connectivity index (χ2v) is 11.6. The van der Waals surface area contributed by atoms with Crippen molar-refractivity contribution >= 4 is 17.9 Å². The molecule has 0 rings (SSSR count). The quantitative estimate of drug-likeness (QED) is 0.0784. The molecule has 0 aromatic heterocycles. The van der Waals surface area contributed by atoms with Crippen LogP contribution < -0.4 is 5.11 Å². The van der Waals surface area contributed by atoms with Crippen molar-refractivity contribution in [2.45, 2.75) is 124 Å². The molecule has 3 atom stereocenters. The fourth-order valence-corrected chi connectivity index (χ4v) is 5.34. The summed E-state index contributed by atoms with van der Waals surface area (Å²) in [6, 6.07) is 0. The van der Waals surface area contributed by atoms with Crippen molar-refractivity contribution in [3.05, 3.63) is 12.2 Å². The van der Waals surface area contributed by atoms with Crippen LogP contribution in [0.2, 0.25) is 0 Å². The zero-order chi connectivity index (χ0) is 28.8. The van der Waals surface area contributed by atoms with Crippen molar-refractivity contribution in [3.63, 3.8) is 0 Å². The third-order valence-corrected chi connectivity index (χ3v) is 7.62. The van der Waals surface area contributed by atoms with Gasteiger partial charge in [-0.25, -0.2) is 0 Å². The summed E-state index contributed by atoms with van der Waals surface area (Å²) in [5.74, 6) is -5.26. The molecule has 0 aliphatic rings. The van der Waals surface area contributed by atoms with Crippen molar-refractivity contribution in [2.75, 3.05) is 26.2 Å². The first-order valence-corrected chi connectivity index (χ1v) is 15.2. The van der Waals surface area contributed by atoms with Crippen molar-refractivity contribution in [3.8, 4) is 0 Å². The van der Waals surface area contributed by atoms with E-state index in [0.717, 1.165) is 38.5 Å². The molecule has 0 saturated heterocycles. The van der Waals surface area contributed by atoms with E-state index in [1.807, 2.05) is 0 Å². The minimum Gasteiger partial charge on any atom is -0.550 e. The second-order valence-electron chi connectivity index (χ2n) is 11.6. The molecule has 0 saturated carbocycles. The number of carboxylic acids is 3. The summed E-state index contributed by atoms with van der Waals surface area (Å²) in [4.78, 5) is 34.7. The lowest BCUT2D eigenvalue weighted by molar-refractivity contribution is -0.934. The molecule has 0 aliphatic heterocycles. The van der Waals surface area contributed by atoms with Crippen molar-refractivity contribution in [1.82, 2.24) is 0 Å². The summed E-state index contributed by atoms with van der Waals surface area (Å²) >= 11 is 0. The van der Waals surface area contributed by atoms with Crippen LogP contribution in [-0.4, -0.2) is 58.8 Å². The third-order valence-electron chi connectivity index (χ3n) is 7.62. The topological polar surface area (TPSA) is 115 Å². The number of aliphatic carboxylic acids is 3. The molecule has 38 heavy (non-hydrogen) atoms. The maximum absolute atomic E-state index is 11.6. The molecule has 0 spiro atoms. The van der Waals surface area contributed by atoms with E-state index >= 15 is 0 Å². The molecule has 2 N–H and O–H groups in total. The van der Waals surface area contributed by atoms with Crippen molar-refractivity contribution in [2.24, 2.45) is 17.8 Å². The number of unbranched alkanes of at least 4 members (excludes halogenated alkanes) is 13. The molecular weight excluding hydrogens is 482 g/mol. The van der Waals surface area contributed by atoms with E-state index in [0.29, 0.717) is 6.54 Å². The molecule has 222 valence electrons. The second kappa shape index (κ2) is 22.0. The standard InChI is InChI=1S/C31H57NO6/c1-5-6-7-8-9-10-11-12-13-14-15-16-17-18-19-20-21-22-32(23-26(2)29(33)34,24-27(3)30(35)36)25-28(4)31(37)38/h15-16,26-28H,5-14,17-25H2,1-4H3,(H2-,33,34,35,36,37,38)/b16-15+. The summed E-state index contributed by atoms with van der Waals surface area (Å²) in [6.45, 7) is 8.19. The van der Waals surface area contributed by atoms with Crippen LogP contribution in [0.3, 0.4) is 0 Å². The van der Waals surface area contributed by atoms with Crippen LogP contribution in [0.5, 0.6) is 0 Å². The summed E-state index contributed by atoms with van der Waals surface area (Å²) in [7, 11) is 0. The molecule has 0 bridgehead atoms. The molecular formula is C31H57NO6. The number of rotatable bonds is 26. The van der Waals surface area contributed by atoms with Gasteiger partial charge in [-0.2, -0.15) is 0 Å². The molecule has 3 unspecified atom stereocenters. The monoisotopic (exact) mass is 539 g/mol. The number of carbonyl (C=O) groups is 3. The molecule has 0 aromatic rings. The highest BCUT2D eigenvalue weighted by atomic mass is 16.4. The molecule has 0 aromatic carbocycles. The van der Waals surface area contributed by atoms with Crippen molar-refractivity contribution < 1.29 is 34.2 Å². The Morgan fingerprint density at radius 1 is 0.632 bits per heavy atom. The Morgan fingerprint density at radius 3 is 1.39 bits per heavy atom. The van der Waals surface area contributed by atoms with Gasteiger partial charge in [-0.15, -0.1) is 0 Å². The lowest BCUT2D eigenvalue weighted by atomic mass is 10.0. The maximum atomic E-state index is 11.6. The smallest absolute Gasteiger partial charge is 0.311 e. The van der Waals surface area contributed by atoms with Gasteiger partial charge in [0.05, 0.1) is 26.2 Å². The van der Waals surface area contributed by atoms with Crippen LogP contribution in [-0.2, 0) is 14.4 Å². The molecule has 7 heteroatoms. The van der Waals surface area contributed by atoms with E-state index in [9.17, 15) is 29.7 Å². The molecule has 0 aliphatic carbocycles. The highest BCUT2D eigenvalue weighted by Gasteiger charge is 2.36. The number of quaternary nitrogens is 1. The number of nitrogens with zero attached hydrogens (tertiary/aromatic N) is 1. The van der Waals surface area contributed by atoms with Gasteiger partial charge in [0.15, 0.2) is 0 Å². The van der Waals surface area contributed by atoms with Crippen LogP contribution >= 0.6 is 0 Å². The maximum Gasteiger partial charge on any atom is 0.311 e. The Morgan fingerprint density at radius 2 is 1.00 bits per heavy atom. The Hall–Kier alpha value is -1.89. The number of hydrogen-bond acceptors (Lipinski definition) is 4. The van der Waals surface area contributed by atoms with Crippen LogP contribution in [0.1, 0.15) is 124 Å². The Kier molecular flexibility index (Phi) is 20.9. The van der Waals surface area contributed by atoms with Gasteiger partial charge in [-0.3, -0.25) is 9.59 Å². The summed E-state index contributed by atoms with van der Waals surface area (Å²) < 4.78 is 0.175. The predicted octanol–water partition coefficient (Wildman–Crippen LogP) is 6.06. The largest absolute Gasteiger partial charge is 0.550 e. The first kappa shape index (κ1) is 36.1. The van der Waals surface area contributed by atoms with Crippen LogP contribution in [0, 0.1) is 17.8 Å². The highest BCUT2D eigenvalue weighted by molar-refractivity contribution is 5.70. The fraction of sp³-hybridized carbons (Fsp3) is 0.839. The van der Waals surface area contributed by atoms with Crippen LogP contribution in [0.15, 0.2) is 12.2 Å². The summed E-state index contributed by atoms with van der Waals surface area (Å²) in [5, 5.41) is 30.5. The lowest BCUT2D eigenvalue weighted by Crippen LogP contribution is -2.58. The highest BCUT2D eigenvalue weighted by Crippen LogP contribution is 2.22. The SMILES string of the molecule is CCCCCCCCCCC/C=C/CCCCCC[N+](CC(C)C(=O)[O-])(CC(C)C(=O)O)CC(C)C(=O)O. The molecule has 0 radical (unpaired) electrons. The van der Waals surface area contributed by atoms with Gasteiger partial charge in [0.25, 0.3) is 0 Å². The van der Waals surface area contributed by atoms with E-state index in [4.69, 9.17) is 0 Å². The average Bonchev–Trinajstić information content (AvgIpc) is 2.85. The van der Waals surface area contributed by atoms with E-state index in [1.165, 1.54) is 57.8 Å². The zero-order valence-electron chi connectivity index (χ0n) is 24.8. The average molecular weight is 540 g/mol. The predicted molar refractivity (Wildman–Crippen MR) is 152 cm³/mol. The van der Waals surface area contributed by atoms with E-state index in [-0.39, 0.29) is 24.1 Å². The zero-order valence-corrected chi connectivity index (χ0v) is 24.8. The van der Waals surface area contributed by atoms with Crippen LogP contribution in [0.4, 0.5) is 0 Å². The number of carbonyl (C=O) groups excluding carboxylic acids is 1. The van der Waals surface area contributed by atoms with E-state index in [2.05, 4.69) is 19.1 Å². The molecule has 7 nitrogen and oxygen atoms in total. The van der Waals surface area contributed by atoms with Gasteiger partial charge < -0.3 is 24.6 Å². The van der Waals surface area contributed by atoms with Crippen molar-refractivity contribution in [1.29, 1.82) is 0 Å². The van der Waals surface area contributed by atoms with E-state index < -0.39 is 35.7 Å². The first-order valence-electron chi connectivity index (χ1n) is 15.2. The normalized spacial score (nSPS) is 15.7. The Balaban J connectivity index is 4.49. The van der Waals surface area contributed by atoms with Gasteiger partial charge in [-0.05, 0) is 52.4 Å². The van der Waals surface area contributed by atoms with Gasteiger partial charge in [-0.1, -0.05) is 83.8 Å². The number of carboxylic acid groups (broad SMARTS) is 3. The minimum atomic E-state index is -1.19. The summed E-state index contributed by atoms with van der Waals surface area (Å²) in [6.07, 6.45) is 22.8. The lowest BCUT2D eigenvalue weighted by Gasteiger charge is -2.43. The van der Waals surface area contributed by atoms with Gasteiger partial charge in [0, 0.05) is 11.9 Å². The number of hydrogen-bond donors (Lipinski definition) is 2. The summed E-state index contributed by atoms with van der Waals surface area (Å²) in [5.41, 5.74) is 0. The van der Waals surface area contributed by atoms with Gasteiger partial charge >= 0.3 is 11.9 Å². The minimum absolute atomic E-state index is 0.175. The Labute approximate surface area is 232 Å². The molecule has 0 heterocycles. The number of allylic oxidation sites excluding steroid dienone is 2. The Bertz CT molecular complexity index is 622. The fourth-order valence-electron chi connectivity index (χ4n) is 5.34. The molecule has 0 fully saturated rings. The van der Waals surface area contributed by atoms with Gasteiger partial charge in [0.1, 0.15) is 11.8 Å². The van der Waals surface area contributed by atoms with E-state index in [1.54, 1.807) is 20.8 Å². The first-order chi connectivity index (χ1) is 18.0. The third kappa shape index (κ3) is 18.4. The van der Waals surface area contributed by atoms with Crippen LogP contribution in [0.25, 0.3) is 0 Å². The molecule has 0 amide bonds.